The highest BCUT2D eigenvalue weighted by molar-refractivity contribution is 5.94. The lowest BCUT2D eigenvalue weighted by molar-refractivity contribution is 0.0931. The smallest absolute Gasteiger partial charge is 0.251 e. The highest BCUT2D eigenvalue weighted by atomic mass is 16.1. The summed E-state index contributed by atoms with van der Waals surface area (Å²) in [6.45, 7) is 0. The van der Waals surface area contributed by atoms with E-state index in [-0.39, 0.29) is 11.9 Å². The Morgan fingerprint density at radius 3 is 2.33 bits per heavy atom. The van der Waals surface area contributed by atoms with Crippen LogP contribution in [-0.4, -0.2) is 5.91 Å². The van der Waals surface area contributed by atoms with Crippen molar-refractivity contribution in [1.82, 2.24) is 5.32 Å². The van der Waals surface area contributed by atoms with Crippen molar-refractivity contribution in [3.8, 4) is 6.07 Å². The Morgan fingerprint density at radius 2 is 1.76 bits per heavy atom. The van der Waals surface area contributed by atoms with E-state index in [1.165, 1.54) is 0 Å². The summed E-state index contributed by atoms with van der Waals surface area (Å²) >= 11 is 0. The number of carbonyl (C=O) groups excluding carboxylic acids is 1. The Morgan fingerprint density at radius 1 is 1.10 bits per heavy atom. The minimum absolute atomic E-state index is 0.0781. The van der Waals surface area contributed by atoms with Gasteiger partial charge in [-0.1, -0.05) is 30.3 Å². The normalized spacial score (nSPS) is 15.0. The highest BCUT2D eigenvalue weighted by Crippen LogP contribution is 2.41. The first-order valence-corrected chi connectivity index (χ1v) is 7.14. The molecule has 1 aliphatic rings. The maximum atomic E-state index is 12.4. The van der Waals surface area contributed by atoms with Crippen LogP contribution in [-0.2, 0) is 0 Å². The van der Waals surface area contributed by atoms with E-state index < -0.39 is 0 Å². The van der Waals surface area contributed by atoms with Crippen LogP contribution in [0.2, 0.25) is 0 Å². The first kappa shape index (κ1) is 13.4. The molecule has 0 bridgehead atoms. The third-order valence-electron chi connectivity index (χ3n) is 3.81. The summed E-state index contributed by atoms with van der Waals surface area (Å²) in [6, 6.07) is 19.0. The van der Waals surface area contributed by atoms with Gasteiger partial charge in [0.15, 0.2) is 0 Å². The molecule has 1 atom stereocenters. The van der Waals surface area contributed by atoms with E-state index in [4.69, 9.17) is 5.26 Å². The second-order valence-corrected chi connectivity index (χ2v) is 5.39. The van der Waals surface area contributed by atoms with Crippen LogP contribution in [0.25, 0.3) is 0 Å². The summed E-state index contributed by atoms with van der Waals surface area (Å²) in [5.74, 6) is 0.454. The number of nitriles is 1. The number of rotatable bonds is 4. The molecule has 1 N–H and O–H groups in total. The molecule has 104 valence electrons. The molecule has 1 fully saturated rings. The van der Waals surface area contributed by atoms with Gasteiger partial charge in [0.25, 0.3) is 5.91 Å². The molecule has 21 heavy (non-hydrogen) atoms. The lowest BCUT2D eigenvalue weighted by Gasteiger charge is -2.18. The van der Waals surface area contributed by atoms with Crippen molar-refractivity contribution in [2.75, 3.05) is 0 Å². The Hall–Kier alpha value is -2.60. The van der Waals surface area contributed by atoms with Gasteiger partial charge in [0.2, 0.25) is 0 Å². The predicted octanol–water partition coefficient (Wildman–Crippen LogP) is 3.44. The lowest BCUT2D eigenvalue weighted by Crippen LogP contribution is -2.29. The number of nitrogens with one attached hydrogen (secondary N) is 1. The van der Waals surface area contributed by atoms with Crippen LogP contribution in [0.5, 0.6) is 0 Å². The zero-order chi connectivity index (χ0) is 14.7. The summed E-state index contributed by atoms with van der Waals surface area (Å²) in [5.41, 5.74) is 2.31. The second kappa shape index (κ2) is 5.80. The van der Waals surface area contributed by atoms with E-state index in [1.807, 2.05) is 18.2 Å². The quantitative estimate of drug-likeness (QED) is 0.930. The molecule has 0 radical (unpaired) electrons. The Kier molecular flexibility index (Phi) is 3.70. The van der Waals surface area contributed by atoms with Crippen molar-refractivity contribution in [3.63, 3.8) is 0 Å². The third kappa shape index (κ3) is 3.11. The minimum atomic E-state index is -0.0831. The predicted molar refractivity (Wildman–Crippen MR) is 80.5 cm³/mol. The number of hydrogen-bond donors (Lipinski definition) is 1. The van der Waals surface area contributed by atoms with Gasteiger partial charge >= 0.3 is 0 Å². The number of carbonyl (C=O) groups is 1. The van der Waals surface area contributed by atoms with E-state index in [1.54, 1.807) is 24.3 Å². The fourth-order valence-electron chi connectivity index (χ4n) is 2.48. The Balaban J connectivity index is 1.76. The van der Waals surface area contributed by atoms with Crippen molar-refractivity contribution in [2.24, 2.45) is 5.92 Å². The molecule has 0 unspecified atom stereocenters. The SMILES string of the molecule is N#Cc1ccc(C(=O)N[C@H](c2ccccc2)C2CC2)cc1. The highest BCUT2D eigenvalue weighted by Gasteiger charge is 2.33. The molecule has 0 aromatic heterocycles. The van der Waals surface area contributed by atoms with Crippen LogP contribution < -0.4 is 5.32 Å². The van der Waals surface area contributed by atoms with Gasteiger partial charge in [0.05, 0.1) is 17.7 Å². The van der Waals surface area contributed by atoms with Crippen LogP contribution in [0, 0.1) is 17.2 Å². The molecule has 2 aromatic rings. The van der Waals surface area contributed by atoms with Gasteiger partial charge in [0.1, 0.15) is 0 Å². The number of benzene rings is 2. The van der Waals surface area contributed by atoms with E-state index in [0.29, 0.717) is 17.0 Å². The fraction of sp³-hybridized carbons (Fsp3) is 0.222. The first-order valence-electron chi connectivity index (χ1n) is 7.14. The molecule has 1 saturated carbocycles. The largest absolute Gasteiger partial charge is 0.345 e. The van der Waals surface area contributed by atoms with Crippen LogP contribution in [0.3, 0.4) is 0 Å². The van der Waals surface area contributed by atoms with Crippen LogP contribution in [0.15, 0.2) is 54.6 Å². The minimum Gasteiger partial charge on any atom is -0.345 e. The van der Waals surface area contributed by atoms with Gasteiger partial charge in [-0.3, -0.25) is 4.79 Å². The molecule has 1 aliphatic carbocycles. The average Bonchev–Trinajstić information content (AvgIpc) is 3.38. The monoisotopic (exact) mass is 276 g/mol. The van der Waals surface area contributed by atoms with Crippen molar-refractivity contribution in [3.05, 3.63) is 71.3 Å². The van der Waals surface area contributed by atoms with Gasteiger partial charge in [-0.2, -0.15) is 5.26 Å². The third-order valence-corrected chi connectivity index (χ3v) is 3.81. The number of hydrogen-bond acceptors (Lipinski definition) is 2. The van der Waals surface area contributed by atoms with Crippen LogP contribution in [0.4, 0.5) is 0 Å². The number of amides is 1. The summed E-state index contributed by atoms with van der Waals surface area (Å²) in [4.78, 5) is 12.4. The fourth-order valence-corrected chi connectivity index (χ4v) is 2.48. The standard InChI is InChI=1S/C18H16N2O/c19-12-13-6-8-16(9-7-13)18(21)20-17(15-10-11-15)14-4-2-1-3-5-14/h1-9,15,17H,10-11H2,(H,20,21)/t17-/m1/s1. The second-order valence-electron chi connectivity index (χ2n) is 5.39. The lowest BCUT2D eigenvalue weighted by atomic mass is 10.0. The van der Waals surface area contributed by atoms with Gasteiger partial charge in [-0.05, 0) is 48.6 Å². The maximum absolute atomic E-state index is 12.4. The Bertz CT molecular complexity index is 667. The molecule has 0 aliphatic heterocycles. The van der Waals surface area contributed by atoms with E-state index in [0.717, 1.165) is 18.4 Å². The van der Waals surface area contributed by atoms with Gasteiger partial charge < -0.3 is 5.32 Å². The summed E-state index contributed by atoms with van der Waals surface area (Å²) < 4.78 is 0. The molecule has 0 heterocycles. The molecular weight excluding hydrogens is 260 g/mol. The summed E-state index contributed by atoms with van der Waals surface area (Å²) in [5, 5.41) is 11.9. The molecule has 0 saturated heterocycles. The van der Waals surface area contributed by atoms with Gasteiger partial charge in [-0.25, -0.2) is 0 Å². The topological polar surface area (TPSA) is 52.9 Å². The van der Waals surface area contributed by atoms with E-state index >= 15 is 0 Å². The first-order chi connectivity index (χ1) is 10.3. The average molecular weight is 276 g/mol. The van der Waals surface area contributed by atoms with Crippen LogP contribution in [0.1, 0.15) is 40.4 Å². The molecule has 2 aromatic carbocycles. The zero-order valence-corrected chi connectivity index (χ0v) is 11.6. The van der Waals surface area contributed by atoms with Gasteiger partial charge in [0, 0.05) is 5.56 Å². The molecule has 3 heteroatoms. The van der Waals surface area contributed by atoms with E-state index in [9.17, 15) is 4.79 Å². The van der Waals surface area contributed by atoms with Crippen molar-refractivity contribution < 1.29 is 4.79 Å². The van der Waals surface area contributed by atoms with Crippen molar-refractivity contribution in [2.45, 2.75) is 18.9 Å². The summed E-state index contributed by atoms with van der Waals surface area (Å²) in [7, 11) is 0. The molecular formula is C18H16N2O. The van der Waals surface area contributed by atoms with Crippen LogP contribution >= 0.6 is 0 Å². The molecule has 0 spiro atoms. The van der Waals surface area contributed by atoms with Crippen molar-refractivity contribution in [1.29, 1.82) is 5.26 Å². The molecule has 1 amide bonds. The molecule has 3 nitrogen and oxygen atoms in total. The Labute approximate surface area is 124 Å². The number of nitrogens with zero attached hydrogens (tertiary/aromatic N) is 1. The van der Waals surface area contributed by atoms with E-state index in [2.05, 4.69) is 23.5 Å². The van der Waals surface area contributed by atoms with Crippen molar-refractivity contribution >= 4 is 5.91 Å². The maximum Gasteiger partial charge on any atom is 0.251 e. The summed E-state index contributed by atoms with van der Waals surface area (Å²) in [6.07, 6.45) is 2.32. The molecule has 3 rings (SSSR count). The zero-order valence-electron chi connectivity index (χ0n) is 11.6. The van der Waals surface area contributed by atoms with Gasteiger partial charge in [-0.15, -0.1) is 0 Å².